The number of ether oxygens (including phenoxy) is 1. The summed E-state index contributed by atoms with van der Waals surface area (Å²) >= 11 is 0. The summed E-state index contributed by atoms with van der Waals surface area (Å²) in [4.78, 5) is 24.5. The molecule has 2 aromatic carbocycles. The first-order chi connectivity index (χ1) is 15.2. The molecule has 172 valence electrons. The minimum atomic E-state index is -3.77. The molecule has 0 bridgehead atoms. The molecule has 1 saturated heterocycles. The third-order valence-corrected chi connectivity index (χ3v) is 6.99. The Labute approximate surface area is 184 Å². The molecule has 2 aromatic rings. The quantitative estimate of drug-likeness (QED) is 0.633. The van der Waals surface area contributed by atoms with Gasteiger partial charge in [0.2, 0.25) is 15.9 Å². The van der Waals surface area contributed by atoms with Crippen molar-refractivity contribution in [3.05, 3.63) is 60.2 Å². The molecule has 0 saturated carbocycles. The van der Waals surface area contributed by atoms with E-state index in [1.54, 1.807) is 0 Å². The van der Waals surface area contributed by atoms with E-state index in [-0.39, 0.29) is 30.8 Å². The Balaban J connectivity index is 1.46. The third-order valence-electron chi connectivity index (χ3n) is 5.08. The fraction of sp³-hybridized carbons (Fsp3) is 0.333. The van der Waals surface area contributed by atoms with Crippen LogP contribution in [0.15, 0.2) is 53.4 Å². The number of hydrazine groups is 1. The van der Waals surface area contributed by atoms with E-state index in [4.69, 9.17) is 4.74 Å². The van der Waals surface area contributed by atoms with Gasteiger partial charge in [-0.2, -0.15) is 4.31 Å². The average molecular weight is 467 g/mol. The van der Waals surface area contributed by atoms with Gasteiger partial charge in [0.1, 0.15) is 17.4 Å². The van der Waals surface area contributed by atoms with Crippen LogP contribution >= 0.6 is 0 Å². The Morgan fingerprint density at radius 2 is 1.50 bits per heavy atom. The highest BCUT2D eigenvalue weighted by Gasteiger charge is 2.32. The first kappa shape index (κ1) is 23.6. The van der Waals surface area contributed by atoms with Crippen LogP contribution in [0.2, 0.25) is 0 Å². The summed E-state index contributed by atoms with van der Waals surface area (Å²) in [7, 11) is -3.77. The molecule has 1 aliphatic rings. The summed E-state index contributed by atoms with van der Waals surface area (Å²) in [6.07, 6.45) is -0.406. The molecule has 11 heteroatoms. The average Bonchev–Trinajstić information content (AvgIpc) is 2.79. The summed E-state index contributed by atoms with van der Waals surface area (Å²) in [6, 6.07) is 9.72. The zero-order valence-electron chi connectivity index (χ0n) is 17.3. The number of carbonyl (C=O) groups is 2. The first-order valence-corrected chi connectivity index (χ1v) is 11.4. The van der Waals surface area contributed by atoms with Crippen LogP contribution in [0.1, 0.15) is 19.8 Å². The van der Waals surface area contributed by atoms with Crippen molar-refractivity contribution in [2.45, 2.75) is 30.8 Å². The van der Waals surface area contributed by atoms with Gasteiger partial charge < -0.3 is 4.74 Å². The van der Waals surface area contributed by atoms with Crippen molar-refractivity contribution in [2.75, 3.05) is 13.1 Å². The molecule has 2 amide bonds. The lowest BCUT2D eigenvalue weighted by atomic mass is 9.98. The van der Waals surface area contributed by atoms with Crippen LogP contribution in [0.25, 0.3) is 0 Å². The van der Waals surface area contributed by atoms with Gasteiger partial charge in [-0.15, -0.1) is 0 Å². The lowest BCUT2D eigenvalue weighted by Gasteiger charge is -2.30. The Morgan fingerprint density at radius 3 is 2.06 bits per heavy atom. The summed E-state index contributed by atoms with van der Waals surface area (Å²) < 4.78 is 57.9. The van der Waals surface area contributed by atoms with Crippen molar-refractivity contribution in [3.63, 3.8) is 0 Å². The maximum absolute atomic E-state index is 13.1. The van der Waals surface area contributed by atoms with Crippen LogP contribution < -0.4 is 15.6 Å². The Kier molecular flexibility index (Phi) is 7.41. The van der Waals surface area contributed by atoms with Gasteiger partial charge >= 0.3 is 0 Å². The van der Waals surface area contributed by atoms with Crippen molar-refractivity contribution in [1.29, 1.82) is 0 Å². The fourth-order valence-electron chi connectivity index (χ4n) is 3.21. The molecule has 1 unspecified atom stereocenters. The van der Waals surface area contributed by atoms with Gasteiger partial charge in [0.15, 0.2) is 6.10 Å². The Bertz CT molecular complexity index is 1050. The smallest absolute Gasteiger partial charge is 0.279 e. The molecule has 3 rings (SSSR count). The zero-order valence-corrected chi connectivity index (χ0v) is 18.1. The number of hydrogen-bond donors (Lipinski definition) is 2. The number of piperidine rings is 1. The van der Waals surface area contributed by atoms with Gasteiger partial charge in [-0.3, -0.25) is 20.4 Å². The molecule has 2 N–H and O–H groups in total. The molecular formula is C21H23F2N3O5S. The zero-order chi connectivity index (χ0) is 23.3. The molecule has 1 fully saturated rings. The predicted molar refractivity (Wildman–Crippen MR) is 111 cm³/mol. The third kappa shape index (κ3) is 5.80. The molecule has 0 aromatic heterocycles. The number of hydrogen-bond acceptors (Lipinski definition) is 5. The number of halogens is 2. The second-order valence-corrected chi connectivity index (χ2v) is 9.26. The normalized spacial score (nSPS) is 16.2. The summed E-state index contributed by atoms with van der Waals surface area (Å²) in [6.45, 7) is 1.72. The van der Waals surface area contributed by atoms with Gasteiger partial charge in [-0.05, 0) is 68.3 Å². The van der Waals surface area contributed by atoms with Gasteiger partial charge in [-0.25, -0.2) is 17.2 Å². The highest BCUT2D eigenvalue weighted by atomic mass is 32.2. The Hall–Kier alpha value is -3.05. The van der Waals surface area contributed by atoms with Gasteiger partial charge in [0.05, 0.1) is 4.90 Å². The maximum atomic E-state index is 13.1. The highest BCUT2D eigenvalue weighted by molar-refractivity contribution is 7.89. The second-order valence-electron chi connectivity index (χ2n) is 7.32. The van der Waals surface area contributed by atoms with Gasteiger partial charge in [0, 0.05) is 19.0 Å². The largest absolute Gasteiger partial charge is 0.481 e. The van der Waals surface area contributed by atoms with Crippen molar-refractivity contribution in [3.8, 4) is 5.75 Å². The SMILES string of the molecule is CC(Oc1ccc(F)cc1)C(=O)NNC(=O)C1CCN(S(=O)(=O)c2ccc(F)cc2)CC1. The van der Waals surface area contributed by atoms with Crippen LogP contribution in [0.5, 0.6) is 5.75 Å². The number of benzene rings is 2. The van der Waals surface area contributed by atoms with Crippen molar-refractivity contribution < 1.29 is 31.5 Å². The van der Waals surface area contributed by atoms with E-state index < -0.39 is 45.5 Å². The van der Waals surface area contributed by atoms with E-state index >= 15 is 0 Å². The monoisotopic (exact) mass is 467 g/mol. The summed E-state index contributed by atoms with van der Waals surface area (Å²) in [5, 5.41) is 0. The standard InChI is InChI=1S/C21H23F2N3O5S/c1-14(31-18-6-2-16(22)3-7-18)20(27)24-25-21(28)15-10-12-26(13-11-15)32(29,30)19-8-4-17(23)5-9-19/h2-9,14-15H,10-13H2,1H3,(H,24,27)(H,25,28). The topological polar surface area (TPSA) is 105 Å². The molecule has 1 heterocycles. The number of rotatable bonds is 6. The predicted octanol–water partition coefficient (Wildman–Crippen LogP) is 1.98. The molecule has 1 aliphatic heterocycles. The second kappa shape index (κ2) is 10.0. The molecule has 0 radical (unpaired) electrons. The molecule has 0 spiro atoms. The van der Waals surface area contributed by atoms with E-state index in [0.717, 1.165) is 12.1 Å². The highest BCUT2D eigenvalue weighted by Crippen LogP contribution is 2.24. The summed E-state index contributed by atoms with van der Waals surface area (Å²) in [5.74, 6) is -2.18. The van der Waals surface area contributed by atoms with Crippen LogP contribution in [0.4, 0.5) is 8.78 Å². The lowest BCUT2D eigenvalue weighted by molar-refractivity contribution is -0.134. The van der Waals surface area contributed by atoms with Gasteiger partial charge in [-0.1, -0.05) is 0 Å². The van der Waals surface area contributed by atoms with Crippen LogP contribution in [0, 0.1) is 17.6 Å². The number of nitrogens with zero attached hydrogens (tertiary/aromatic N) is 1. The minimum absolute atomic E-state index is 0.00999. The number of amides is 2. The van der Waals surface area contributed by atoms with E-state index in [1.165, 1.54) is 47.6 Å². The van der Waals surface area contributed by atoms with Gasteiger partial charge in [0.25, 0.3) is 5.91 Å². The van der Waals surface area contributed by atoms with Crippen LogP contribution in [0.3, 0.4) is 0 Å². The number of carbonyl (C=O) groups excluding carboxylic acids is 2. The van der Waals surface area contributed by atoms with E-state index in [2.05, 4.69) is 10.9 Å². The maximum Gasteiger partial charge on any atom is 0.279 e. The summed E-state index contributed by atoms with van der Waals surface area (Å²) in [5.41, 5.74) is 4.61. The number of nitrogens with one attached hydrogen (secondary N) is 2. The fourth-order valence-corrected chi connectivity index (χ4v) is 4.68. The van der Waals surface area contributed by atoms with E-state index in [1.807, 2.05) is 0 Å². The van der Waals surface area contributed by atoms with E-state index in [9.17, 15) is 26.8 Å². The van der Waals surface area contributed by atoms with Crippen molar-refractivity contribution >= 4 is 21.8 Å². The number of sulfonamides is 1. The molecule has 32 heavy (non-hydrogen) atoms. The molecule has 8 nitrogen and oxygen atoms in total. The molecule has 1 atom stereocenters. The van der Waals surface area contributed by atoms with Crippen LogP contribution in [-0.4, -0.2) is 43.7 Å². The Morgan fingerprint density at radius 1 is 0.969 bits per heavy atom. The van der Waals surface area contributed by atoms with Crippen LogP contribution in [-0.2, 0) is 19.6 Å². The lowest BCUT2D eigenvalue weighted by Crippen LogP contribution is -2.50. The van der Waals surface area contributed by atoms with Crippen molar-refractivity contribution in [1.82, 2.24) is 15.2 Å². The van der Waals surface area contributed by atoms with E-state index in [0.29, 0.717) is 5.75 Å². The van der Waals surface area contributed by atoms with Crippen molar-refractivity contribution in [2.24, 2.45) is 5.92 Å². The minimum Gasteiger partial charge on any atom is -0.481 e. The first-order valence-electron chi connectivity index (χ1n) is 9.94. The molecular weight excluding hydrogens is 444 g/mol. The molecule has 0 aliphatic carbocycles.